The van der Waals surface area contributed by atoms with E-state index in [1.807, 2.05) is 12.4 Å². The van der Waals surface area contributed by atoms with Gasteiger partial charge in [-0.1, -0.05) is 62.4 Å². The summed E-state index contributed by atoms with van der Waals surface area (Å²) in [6.45, 7) is 4.68. The quantitative estimate of drug-likeness (QED) is 0.334. The molecular formula is C26H20N2. The lowest BCUT2D eigenvalue weighted by molar-refractivity contribution is 0.630. The van der Waals surface area contributed by atoms with Crippen molar-refractivity contribution in [3.8, 4) is 16.8 Å². The number of aromatic nitrogens is 2. The highest BCUT2D eigenvalue weighted by atomic mass is 15.0. The SMILES string of the molecule is CC1(C)c2ccccc2-n2c3cnccc3c3cc(-c4ccccc4)cc1c32. The van der Waals surface area contributed by atoms with Gasteiger partial charge in [0, 0.05) is 22.4 Å². The van der Waals surface area contributed by atoms with Gasteiger partial charge in [-0.25, -0.2) is 0 Å². The topological polar surface area (TPSA) is 17.8 Å². The summed E-state index contributed by atoms with van der Waals surface area (Å²) in [4.78, 5) is 4.44. The summed E-state index contributed by atoms with van der Waals surface area (Å²) >= 11 is 0. The molecule has 0 aliphatic carbocycles. The fourth-order valence-electron chi connectivity index (χ4n) is 4.86. The lowest BCUT2D eigenvalue weighted by atomic mass is 9.74. The normalized spacial score (nSPS) is 14.4. The predicted molar refractivity (Wildman–Crippen MR) is 116 cm³/mol. The van der Waals surface area contributed by atoms with Gasteiger partial charge >= 0.3 is 0 Å². The monoisotopic (exact) mass is 360 g/mol. The van der Waals surface area contributed by atoms with E-state index in [0.29, 0.717) is 0 Å². The largest absolute Gasteiger partial charge is 0.307 e. The Morgan fingerprint density at radius 2 is 1.54 bits per heavy atom. The Bertz CT molecular complexity index is 1370. The smallest absolute Gasteiger partial charge is 0.0724 e. The van der Waals surface area contributed by atoms with Crippen molar-refractivity contribution in [2.24, 2.45) is 0 Å². The number of hydrogen-bond acceptors (Lipinski definition) is 1. The molecule has 5 aromatic rings. The van der Waals surface area contributed by atoms with E-state index in [-0.39, 0.29) is 5.41 Å². The number of benzene rings is 3. The molecule has 0 atom stereocenters. The van der Waals surface area contributed by atoms with Crippen molar-refractivity contribution in [2.45, 2.75) is 19.3 Å². The molecule has 1 aliphatic heterocycles. The molecule has 0 spiro atoms. The van der Waals surface area contributed by atoms with Crippen LogP contribution in [0.5, 0.6) is 0 Å². The van der Waals surface area contributed by atoms with Gasteiger partial charge in [-0.3, -0.25) is 4.98 Å². The number of para-hydroxylation sites is 1. The summed E-state index contributed by atoms with van der Waals surface area (Å²) in [5.41, 5.74) is 8.93. The van der Waals surface area contributed by atoms with E-state index in [9.17, 15) is 0 Å². The minimum atomic E-state index is -0.0720. The van der Waals surface area contributed by atoms with Gasteiger partial charge in [-0.2, -0.15) is 0 Å². The predicted octanol–water partition coefficient (Wildman–Crippen LogP) is 6.49. The van der Waals surface area contributed by atoms with Crippen molar-refractivity contribution in [2.75, 3.05) is 0 Å². The summed E-state index contributed by atoms with van der Waals surface area (Å²) in [6.07, 6.45) is 3.90. The zero-order valence-electron chi connectivity index (χ0n) is 16.0. The van der Waals surface area contributed by atoms with Crippen LogP contribution in [0, 0.1) is 0 Å². The van der Waals surface area contributed by atoms with E-state index in [4.69, 9.17) is 0 Å². The lowest BCUT2D eigenvalue weighted by Crippen LogP contribution is -2.26. The van der Waals surface area contributed by atoms with Gasteiger partial charge in [0.15, 0.2) is 0 Å². The molecular weight excluding hydrogens is 340 g/mol. The molecule has 0 saturated heterocycles. The Balaban J connectivity index is 1.86. The Hall–Kier alpha value is -3.39. The van der Waals surface area contributed by atoms with Crippen molar-refractivity contribution in [3.63, 3.8) is 0 Å². The van der Waals surface area contributed by atoms with Crippen molar-refractivity contribution in [1.29, 1.82) is 0 Å². The highest BCUT2D eigenvalue weighted by Crippen LogP contribution is 2.48. The Morgan fingerprint density at radius 3 is 2.39 bits per heavy atom. The molecule has 0 N–H and O–H groups in total. The first-order chi connectivity index (χ1) is 13.7. The first-order valence-electron chi connectivity index (χ1n) is 9.74. The van der Waals surface area contributed by atoms with E-state index < -0.39 is 0 Å². The molecule has 134 valence electrons. The number of pyridine rings is 1. The maximum Gasteiger partial charge on any atom is 0.0724 e. The third-order valence-corrected chi connectivity index (χ3v) is 6.26. The first kappa shape index (κ1) is 15.6. The number of rotatable bonds is 1. The maximum absolute atomic E-state index is 4.44. The lowest BCUT2D eigenvalue weighted by Gasteiger charge is -2.35. The van der Waals surface area contributed by atoms with Crippen LogP contribution in [0.15, 0.2) is 85.2 Å². The highest BCUT2D eigenvalue weighted by Gasteiger charge is 2.35. The Labute approximate surface area is 164 Å². The fraction of sp³-hybridized carbons (Fsp3) is 0.115. The zero-order chi connectivity index (χ0) is 18.9. The van der Waals surface area contributed by atoms with Crippen LogP contribution in [0.4, 0.5) is 0 Å². The summed E-state index contributed by atoms with van der Waals surface area (Å²) in [5, 5.41) is 2.56. The van der Waals surface area contributed by atoms with Crippen LogP contribution in [0.3, 0.4) is 0 Å². The van der Waals surface area contributed by atoms with Crippen molar-refractivity contribution < 1.29 is 0 Å². The van der Waals surface area contributed by atoms with E-state index in [0.717, 1.165) is 0 Å². The van der Waals surface area contributed by atoms with E-state index >= 15 is 0 Å². The summed E-state index contributed by atoms with van der Waals surface area (Å²) in [5.74, 6) is 0. The van der Waals surface area contributed by atoms with Gasteiger partial charge in [0.2, 0.25) is 0 Å². The second-order valence-electron chi connectivity index (χ2n) is 8.16. The van der Waals surface area contributed by atoms with E-state index in [1.165, 1.54) is 49.7 Å². The van der Waals surface area contributed by atoms with Gasteiger partial charge in [0.1, 0.15) is 0 Å². The molecule has 6 rings (SSSR count). The number of fused-ring (bicyclic) bond motifs is 5. The zero-order valence-corrected chi connectivity index (χ0v) is 16.0. The third kappa shape index (κ3) is 1.90. The molecule has 3 heterocycles. The summed E-state index contributed by atoms with van der Waals surface area (Å²) < 4.78 is 2.41. The van der Waals surface area contributed by atoms with Crippen LogP contribution in [0.1, 0.15) is 25.0 Å². The molecule has 2 heteroatoms. The second kappa shape index (κ2) is 5.32. The maximum atomic E-state index is 4.44. The van der Waals surface area contributed by atoms with Gasteiger partial charge in [-0.15, -0.1) is 0 Å². The third-order valence-electron chi connectivity index (χ3n) is 6.26. The first-order valence-corrected chi connectivity index (χ1v) is 9.74. The molecule has 3 aromatic carbocycles. The fourth-order valence-corrected chi connectivity index (χ4v) is 4.86. The molecule has 2 aromatic heterocycles. The van der Waals surface area contributed by atoms with Crippen molar-refractivity contribution in [1.82, 2.24) is 9.55 Å². The van der Waals surface area contributed by atoms with Gasteiger partial charge < -0.3 is 4.57 Å². The molecule has 0 saturated carbocycles. The molecule has 28 heavy (non-hydrogen) atoms. The van der Waals surface area contributed by atoms with Crippen LogP contribution >= 0.6 is 0 Å². The van der Waals surface area contributed by atoms with Crippen LogP contribution in [0.2, 0.25) is 0 Å². The molecule has 0 unspecified atom stereocenters. The minimum absolute atomic E-state index is 0.0720. The molecule has 0 bridgehead atoms. The average Bonchev–Trinajstić information content (AvgIpc) is 3.07. The summed E-state index contributed by atoms with van der Waals surface area (Å²) in [7, 11) is 0. The standard InChI is InChI=1S/C26H20N2/c1-26(2)21-10-6-7-11-23(21)28-24-16-27-13-12-19(24)20-14-18(15-22(26)25(20)28)17-8-4-3-5-9-17/h3-16H,1-2H3. The molecule has 0 fully saturated rings. The number of hydrogen-bond donors (Lipinski definition) is 0. The van der Waals surface area contributed by atoms with Gasteiger partial charge in [-0.05, 0) is 46.5 Å². The highest BCUT2D eigenvalue weighted by molar-refractivity contribution is 6.12. The molecule has 2 nitrogen and oxygen atoms in total. The van der Waals surface area contributed by atoms with Gasteiger partial charge in [0.25, 0.3) is 0 Å². The molecule has 1 aliphatic rings. The van der Waals surface area contributed by atoms with E-state index in [2.05, 4.69) is 96.2 Å². The van der Waals surface area contributed by atoms with E-state index in [1.54, 1.807) is 0 Å². The van der Waals surface area contributed by atoms with Crippen LogP contribution in [-0.2, 0) is 5.41 Å². The van der Waals surface area contributed by atoms with Crippen LogP contribution in [0.25, 0.3) is 38.6 Å². The van der Waals surface area contributed by atoms with Crippen LogP contribution < -0.4 is 0 Å². The second-order valence-corrected chi connectivity index (χ2v) is 8.16. The van der Waals surface area contributed by atoms with Gasteiger partial charge in [0.05, 0.1) is 22.9 Å². The number of nitrogens with zero attached hydrogens (tertiary/aromatic N) is 2. The summed E-state index contributed by atoms with van der Waals surface area (Å²) in [6, 6.07) is 26.3. The van der Waals surface area contributed by atoms with Crippen molar-refractivity contribution in [3.05, 3.63) is 96.3 Å². The van der Waals surface area contributed by atoms with Crippen LogP contribution in [-0.4, -0.2) is 9.55 Å². The molecule has 0 amide bonds. The molecule has 0 radical (unpaired) electrons. The van der Waals surface area contributed by atoms with Crippen molar-refractivity contribution >= 4 is 21.8 Å². The minimum Gasteiger partial charge on any atom is -0.307 e. The Morgan fingerprint density at radius 1 is 0.750 bits per heavy atom. The average molecular weight is 360 g/mol. The Kier molecular flexibility index (Phi) is 2.98.